The lowest BCUT2D eigenvalue weighted by Gasteiger charge is -1.95. The van der Waals surface area contributed by atoms with Crippen molar-refractivity contribution in [1.29, 1.82) is 0 Å². The van der Waals surface area contributed by atoms with Crippen LogP contribution in [0.1, 0.15) is 12.8 Å². The molecule has 0 bridgehead atoms. The predicted molar refractivity (Wildman–Crippen MR) is 61.4 cm³/mol. The number of hydrogen-bond donors (Lipinski definition) is 0. The highest BCUT2D eigenvalue weighted by Gasteiger charge is 1.85. The van der Waals surface area contributed by atoms with Crippen LogP contribution >= 0.6 is 9.24 Å². The van der Waals surface area contributed by atoms with E-state index in [1.807, 2.05) is 24.3 Å². The summed E-state index contributed by atoms with van der Waals surface area (Å²) in [6.45, 7) is 7.52. The molecule has 12 heavy (non-hydrogen) atoms. The second kappa shape index (κ2) is 8.49. The molecule has 0 amide bonds. The number of allylic oxidation sites excluding steroid dienone is 6. The largest absolute Gasteiger partial charge is 0.138 e. The van der Waals surface area contributed by atoms with Gasteiger partial charge >= 0.3 is 0 Å². The molecule has 1 atom stereocenters. The molecule has 0 saturated heterocycles. The Morgan fingerprint density at radius 1 is 1.25 bits per heavy atom. The van der Waals surface area contributed by atoms with E-state index in [9.17, 15) is 0 Å². The molecule has 0 spiro atoms. The molecule has 1 heteroatoms. The fourth-order valence-corrected chi connectivity index (χ4v) is 0.951. The average Bonchev–Trinajstić information content (AvgIpc) is 2.09. The molecule has 0 heterocycles. The summed E-state index contributed by atoms with van der Waals surface area (Å²) in [7, 11) is 2.72. The Morgan fingerprint density at radius 2 is 2.00 bits per heavy atom. The Balaban J connectivity index is 3.60. The molecule has 0 aliphatic rings. The summed E-state index contributed by atoms with van der Waals surface area (Å²) < 4.78 is 0. The predicted octanol–water partition coefficient (Wildman–Crippen LogP) is 3.50. The van der Waals surface area contributed by atoms with Crippen molar-refractivity contribution in [3.63, 3.8) is 0 Å². The Kier molecular flexibility index (Phi) is 8.05. The lowest BCUT2D eigenvalue weighted by molar-refractivity contribution is 0.942. The van der Waals surface area contributed by atoms with Crippen LogP contribution in [0.25, 0.3) is 0 Å². The van der Waals surface area contributed by atoms with E-state index >= 15 is 0 Å². The highest BCUT2D eigenvalue weighted by Crippen LogP contribution is 2.05. The smallest absolute Gasteiger partial charge is 0.0282 e. The molecule has 1 unspecified atom stereocenters. The van der Waals surface area contributed by atoms with E-state index in [0.717, 1.165) is 12.6 Å². The first kappa shape index (κ1) is 11.4. The fraction of sp³-hybridized carbons (Fsp3) is 0.273. The molecular formula is C11H17P. The van der Waals surface area contributed by atoms with Gasteiger partial charge in [0.05, 0.1) is 0 Å². The van der Waals surface area contributed by atoms with Crippen molar-refractivity contribution in [3.05, 3.63) is 49.1 Å². The molecule has 0 nitrogen and oxygen atoms in total. The SMILES string of the molecule is C=C/C=C\C=C/C(=C)CCCP. The zero-order chi connectivity index (χ0) is 9.23. The molecule has 66 valence electrons. The van der Waals surface area contributed by atoms with Gasteiger partial charge in [0.2, 0.25) is 0 Å². The zero-order valence-electron chi connectivity index (χ0n) is 7.50. The van der Waals surface area contributed by atoms with Gasteiger partial charge in [-0.05, 0) is 19.0 Å². The molecule has 0 aliphatic carbocycles. The Hall–Kier alpha value is -0.610. The Bertz CT molecular complexity index is 187. The Morgan fingerprint density at radius 3 is 2.58 bits per heavy atom. The van der Waals surface area contributed by atoms with Crippen LogP contribution in [0.15, 0.2) is 49.1 Å². The zero-order valence-corrected chi connectivity index (χ0v) is 8.65. The van der Waals surface area contributed by atoms with Crippen LogP contribution in [0.5, 0.6) is 0 Å². The van der Waals surface area contributed by atoms with Crippen LogP contribution in [0.2, 0.25) is 0 Å². The second-order valence-electron chi connectivity index (χ2n) is 2.53. The van der Waals surface area contributed by atoms with Gasteiger partial charge in [0.15, 0.2) is 0 Å². The molecule has 0 saturated carbocycles. The summed E-state index contributed by atoms with van der Waals surface area (Å²) in [5, 5.41) is 0. The van der Waals surface area contributed by atoms with Gasteiger partial charge in [-0.3, -0.25) is 0 Å². The highest BCUT2D eigenvalue weighted by atomic mass is 31.0. The van der Waals surface area contributed by atoms with Crippen molar-refractivity contribution in [2.24, 2.45) is 0 Å². The van der Waals surface area contributed by atoms with Crippen LogP contribution in [-0.2, 0) is 0 Å². The van der Waals surface area contributed by atoms with E-state index in [1.165, 1.54) is 12.0 Å². The van der Waals surface area contributed by atoms with Crippen molar-refractivity contribution in [3.8, 4) is 0 Å². The summed E-state index contributed by atoms with van der Waals surface area (Å²) in [4.78, 5) is 0. The minimum absolute atomic E-state index is 1.09. The van der Waals surface area contributed by atoms with Crippen molar-refractivity contribution in [2.45, 2.75) is 12.8 Å². The van der Waals surface area contributed by atoms with Crippen molar-refractivity contribution < 1.29 is 0 Å². The first-order chi connectivity index (χ1) is 5.81. The van der Waals surface area contributed by atoms with Gasteiger partial charge in [-0.15, -0.1) is 9.24 Å². The summed E-state index contributed by atoms with van der Waals surface area (Å²) in [6.07, 6.45) is 13.1. The minimum Gasteiger partial charge on any atom is -0.138 e. The van der Waals surface area contributed by atoms with Gasteiger partial charge in [-0.2, -0.15) is 0 Å². The maximum absolute atomic E-state index is 3.93. The van der Waals surface area contributed by atoms with E-state index in [1.54, 1.807) is 6.08 Å². The summed E-state index contributed by atoms with van der Waals surface area (Å²) in [5.41, 5.74) is 1.19. The number of hydrogen-bond acceptors (Lipinski definition) is 0. The van der Waals surface area contributed by atoms with Crippen LogP contribution in [-0.4, -0.2) is 6.16 Å². The first-order valence-corrected chi connectivity index (χ1v) is 4.96. The van der Waals surface area contributed by atoms with Crippen LogP contribution < -0.4 is 0 Å². The third-order valence-electron chi connectivity index (χ3n) is 1.39. The van der Waals surface area contributed by atoms with E-state index in [2.05, 4.69) is 22.4 Å². The summed E-state index contributed by atoms with van der Waals surface area (Å²) in [6, 6.07) is 0. The molecule has 0 aromatic carbocycles. The van der Waals surface area contributed by atoms with E-state index in [4.69, 9.17) is 0 Å². The van der Waals surface area contributed by atoms with Crippen LogP contribution in [0.3, 0.4) is 0 Å². The first-order valence-electron chi connectivity index (χ1n) is 4.15. The topological polar surface area (TPSA) is 0 Å². The molecule has 0 aromatic rings. The Labute approximate surface area is 78.0 Å². The van der Waals surface area contributed by atoms with E-state index < -0.39 is 0 Å². The van der Waals surface area contributed by atoms with Gasteiger partial charge in [-0.1, -0.05) is 49.1 Å². The lowest BCUT2D eigenvalue weighted by Crippen LogP contribution is -1.77. The summed E-state index contributed by atoms with van der Waals surface area (Å²) >= 11 is 0. The summed E-state index contributed by atoms with van der Waals surface area (Å²) in [5.74, 6) is 0. The maximum Gasteiger partial charge on any atom is -0.0282 e. The molecule has 0 N–H and O–H groups in total. The monoisotopic (exact) mass is 180 g/mol. The molecular weight excluding hydrogens is 163 g/mol. The quantitative estimate of drug-likeness (QED) is 0.433. The number of rotatable bonds is 6. The van der Waals surface area contributed by atoms with Gasteiger partial charge in [0.25, 0.3) is 0 Å². The highest BCUT2D eigenvalue weighted by molar-refractivity contribution is 7.16. The molecule has 0 aromatic heterocycles. The van der Waals surface area contributed by atoms with Crippen molar-refractivity contribution in [2.75, 3.05) is 6.16 Å². The molecule has 0 rings (SSSR count). The van der Waals surface area contributed by atoms with Gasteiger partial charge in [0.1, 0.15) is 0 Å². The standard InChI is InChI=1S/C11H17P/c1-3-4-5-6-8-11(2)9-7-10-12/h3-6,8H,1-2,7,9-10,12H2/b5-4-,8-6-. The lowest BCUT2D eigenvalue weighted by atomic mass is 10.1. The van der Waals surface area contributed by atoms with Crippen LogP contribution in [0, 0.1) is 0 Å². The van der Waals surface area contributed by atoms with Crippen molar-refractivity contribution >= 4 is 9.24 Å². The van der Waals surface area contributed by atoms with Gasteiger partial charge in [0, 0.05) is 0 Å². The molecule has 0 aliphatic heterocycles. The van der Waals surface area contributed by atoms with Gasteiger partial charge in [-0.25, -0.2) is 0 Å². The molecule has 0 radical (unpaired) electrons. The minimum atomic E-state index is 1.09. The molecule has 0 fully saturated rings. The normalized spacial score (nSPS) is 11.1. The maximum atomic E-state index is 3.93. The van der Waals surface area contributed by atoms with E-state index in [-0.39, 0.29) is 0 Å². The third kappa shape index (κ3) is 7.50. The van der Waals surface area contributed by atoms with Crippen molar-refractivity contribution in [1.82, 2.24) is 0 Å². The second-order valence-corrected chi connectivity index (χ2v) is 3.11. The fourth-order valence-electron chi connectivity index (χ4n) is 0.747. The third-order valence-corrected chi connectivity index (χ3v) is 1.80. The average molecular weight is 180 g/mol. The van der Waals surface area contributed by atoms with Gasteiger partial charge < -0.3 is 0 Å². The van der Waals surface area contributed by atoms with E-state index in [0.29, 0.717) is 0 Å². The van der Waals surface area contributed by atoms with Crippen LogP contribution in [0.4, 0.5) is 0 Å².